The molecule has 0 spiro atoms. The summed E-state index contributed by atoms with van der Waals surface area (Å²) in [6.07, 6.45) is 4.65. The van der Waals surface area contributed by atoms with Crippen molar-refractivity contribution in [1.82, 2.24) is 9.80 Å². The predicted molar refractivity (Wildman–Crippen MR) is 71.9 cm³/mol. The van der Waals surface area contributed by atoms with E-state index in [1.165, 1.54) is 0 Å². The Labute approximate surface area is 114 Å². The number of aliphatic carboxylic acids is 1. The van der Waals surface area contributed by atoms with E-state index in [1.54, 1.807) is 4.90 Å². The average Bonchev–Trinajstić information content (AvgIpc) is 2.70. The lowest BCUT2D eigenvalue weighted by atomic mass is 10.0. The molecule has 0 aromatic heterocycles. The number of amides is 1. The van der Waals surface area contributed by atoms with Gasteiger partial charge < -0.3 is 10.0 Å². The fourth-order valence-electron chi connectivity index (χ4n) is 3.29. The summed E-state index contributed by atoms with van der Waals surface area (Å²) in [5, 5.41) is 9.21. The zero-order valence-electron chi connectivity index (χ0n) is 11.8. The van der Waals surface area contributed by atoms with Crippen molar-refractivity contribution in [1.29, 1.82) is 0 Å². The highest BCUT2D eigenvalue weighted by Gasteiger charge is 2.35. The zero-order valence-corrected chi connectivity index (χ0v) is 11.8. The predicted octanol–water partition coefficient (Wildman–Crippen LogP) is 1.32. The Kier molecular flexibility index (Phi) is 4.45. The molecule has 2 rings (SSSR count). The molecule has 3 atom stereocenters. The van der Waals surface area contributed by atoms with Crippen molar-refractivity contribution < 1.29 is 14.7 Å². The van der Waals surface area contributed by atoms with Crippen LogP contribution in [0, 0.1) is 0 Å². The summed E-state index contributed by atoms with van der Waals surface area (Å²) in [5.41, 5.74) is 0. The summed E-state index contributed by atoms with van der Waals surface area (Å²) < 4.78 is 0. The smallest absolute Gasteiger partial charge is 0.326 e. The van der Waals surface area contributed by atoms with E-state index in [0.717, 1.165) is 25.7 Å². The first-order valence-corrected chi connectivity index (χ1v) is 7.28. The van der Waals surface area contributed by atoms with Crippen molar-refractivity contribution in [3.63, 3.8) is 0 Å². The van der Waals surface area contributed by atoms with E-state index in [-0.39, 0.29) is 5.91 Å². The minimum Gasteiger partial charge on any atom is -0.480 e. The number of piperidine rings is 1. The normalized spacial score (nSPS) is 32.5. The molecule has 0 radical (unpaired) electrons. The highest BCUT2D eigenvalue weighted by molar-refractivity contribution is 5.85. The first-order chi connectivity index (χ1) is 9.00. The van der Waals surface area contributed by atoms with Gasteiger partial charge in [0.1, 0.15) is 6.04 Å². The molecular formula is C14H24N2O3. The number of hydrogen-bond acceptors (Lipinski definition) is 3. The third-order valence-corrected chi connectivity index (χ3v) is 4.56. The van der Waals surface area contributed by atoms with Crippen molar-refractivity contribution >= 4 is 11.9 Å². The second kappa shape index (κ2) is 5.90. The van der Waals surface area contributed by atoms with Crippen LogP contribution in [0.2, 0.25) is 0 Å². The molecule has 108 valence electrons. The van der Waals surface area contributed by atoms with Crippen LogP contribution in [0.3, 0.4) is 0 Å². The molecule has 3 unspecified atom stereocenters. The molecular weight excluding hydrogens is 244 g/mol. The molecule has 1 amide bonds. The molecule has 0 aliphatic carbocycles. The highest BCUT2D eigenvalue weighted by atomic mass is 16.4. The molecule has 5 heteroatoms. The van der Waals surface area contributed by atoms with Gasteiger partial charge in [-0.1, -0.05) is 0 Å². The Morgan fingerprint density at radius 2 is 1.74 bits per heavy atom. The van der Waals surface area contributed by atoms with E-state index in [1.807, 2.05) is 0 Å². The third kappa shape index (κ3) is 3.08. The van der Waals surface area contributed by atoms with Gasteiger partial charge >= 0.3 is 5.97 Å². The largest absolute Gasteiger partial charge is 0.480 e. The Balaban J connectivity index is 1.99. The summed E-state index contributed by atoms with van der Waals surface area (Å²) in [6.45, 7) is 5.24. The van der Waals surface area contributed by atoms with Crippen molar-refractivity contribution in [2.75, 3.05) is 13.1 Å². The van der Waals surface area contributed by atoms with Crippen LogP contribution in [0.15, 0.2) is 0 Å². The van der Waals surface area contributed by atoms with Crippen molar-refractivity contribution in [2.24, 2.45) is 0 Å². The molecule has 5 nitrogen and oxygen atoms in total. The van der Waals surface area contributed by atoms with E-state index in [0.29, 0.717) is 31.6 Å². The first kappa shape index (κ1) is 14.3. The van der Waals surface area contributed by atoms with Gasteiger partial charge in [0, 0.05) is 18.6 Å². The fraction of sp³-hybridized carbons (Fsp3) is 0.857. The van der Waals surface area contributed by atoms with Crippen molar-refractivity contribution in [3.8, 4) is 0 Å². The van der Waals surface area contributed by atoms with Crippen LogP contribution >= 0.6 is 0 Å². The van der Waals surface area contributed by atoms with Gasteiger partial charge in [0.2, 0.25) is 5.91 Å². The Morgan fingerprint density at radius 3 is 2.32 bits per heavy atom. The highest BCUT2D eigenvalue weighted by Crippen LogP contribution is 2.24. The Bertz CT molecular complexity index is 349. The number of carboxylic acid groups (broad SMARTS) is 1. The second-order valence-electron chi connectivity index (χ2n) is 5.88. The number of likely N-dealkylation sites (tertiary alicyclic amines) is 2. The Hall–Kier alpha value is -1.10. The molecule has 0 saturated carbocycles. The van der Waals surface area contributed by atoms with E-state index in [9.17, 15) is 14.7 Å². The molecule has 1 N–H and O–H groups in total. The quantitative estimate of drug-likeness (QED) is 0.838. The van der Waals surface area contributed by atoms with Gasteiger partial charge in [-0.3, -0.25) is 9.69 Å². The van der Waals surface area contributed by atoms with Gasteiger partial charge in [-0.25, -0.2) is 4.79 Å². The maximum absolute atomic E-state index is 12.4. The molecule has 19 heavy (non-hydrogen) atoms. The van der Waals surface area contributed by atoms with Crippen LogP contribution in [-0.2, 0) is 9.59 Å². The lowest BCUT2D eigenvalue weighted by Gasteiger charge is -2.35. The lowest BCUT2D eigenvalue weighted by Crippen LogP contribution is -2.52. The number of rotatable bonds is 3. The van der Waals surface area contributed by atoms with Crippen molar-refractivity contribution in [3.05, 3.63) is 0 Å². The van der Waals surface area contributed by atoms with Gasteiger partial charge in [0.25, 0.3) is 0 Å². The minimum absolute atomic E-state index is 0.0206. The zero-order chi connectivity index (χ0) is 14.0. The number of nitrogens with zero attached hydrogens (tertiary/aromatic N) is 2. The van der Waals surface area contributed by atoms with Gasteiger partial charge in [-0.05, 0) is 46.0 Å². The number of carbonyl (C=O) groups excluding carboxylic acids is 1. The number of hydrogen-bond donors (Lipinski definition) is 1. The van der Waals surface area contributed by atoms with Crippen LogP contribution in [0.5, 0.6) is 0 Å². The SMILES string of the molecule is CC1CCC(C)N1CC(=O)N1CCCCC1C(=O)O. The lowest BCUT2D eigenvalue weighted by molar-refractivity contribution is -0.152. The maximum Gasteiger partial charge on any atom is 0.326 e. The first-order valence-electron chi connectivity index (χ1n) is 7.28. The van der Waals surface area contributed by atoms with Crippen LogP contribution < -0.4 is 0 Å². The summed E-state index contributed by atoms with van der Waals surface area (Å²) in [5.74, 6) is -0.886. The molecule has 2 saturated heterocycles. The van der Waals surface area contributed by atoms with E-state index < -0.39 is 12.0 Å². The maximum atomic E-state index is 12.4. The van der Waals surface area contributed by atoms with Crippen LogP contribution in [-0.4, -0.2) is 58.0 Å². The van der Waals surface area contributed by atoms with Gasteiger partial charge in [-0.15, -0.1) is 0 Å². The summed E-state index contributed by atoms with van der Waals surface area (Å²) in [4.78, 5) is 27.4. The fourth-order valence-corrected chi connectivity index (χ4v) is 3.29. The van der Waals surface area contributed by atoms with Crippen LogP contribution in [0.4, 0.5) is 0 Å². The molecule has 0 bridgehead atoms. The minimum atomic E-state index is -0.865. The van der Waals surface area contributed by atoms with E-state index in [2.05, 4.69) is 18.7 Å². The van der Waals surface area contributed by atoms with Crippen molar-refractivity contribution in [2.45, 2.75) is 64.1 Å². The van der Waals surface area contributed by atoms with E-state index in [4.69, 9.17) is 0 Å². The van der Waals surface area contributed by atoms with Gasteiger partial charge in [0.05, 0.1) is 6.54 Å². The molecule has 2 aliphatic rings. The molecule has 2 aliphatic heterocycles. The number of carboxylic acids is 1. The summed E-state index contributed by atoms with van der Waals surface area (Å²) >= 11 is 0. The average molecular weight is 268 g/mol. The monoisotopic (exact) mass is 268 g/mol. The molecule has 2 fully saturated rings. The topological polar surface area (TPSA) is 60.9 Å². The molecule has 2 heterocycles. The van der Waals surface area contributed by atoms with Crippen LogP contribution in [0.25, 0.3) is 0 Å². The standard InChI is InChI=1S/C14H24N2O3/c1-10-6-7-11(2)16(10)9-13(17)15-8-4-3-5-12(15)14(18)19/h10-12H,3-9H2,1-2H3,(H,18,19). The summed E-state index contributed by atoms with van der Waals surface area (Å²) in [7, 11) is 0. The third-order valence-electron chi connectivity index (χ3n) is 4.56. The summed E-state index contributed by atoms with van der Waals surface area (Å²) in [6, 6.07) is 0.230. The molecule has 0 aromatic rings. The second-order valence-corrected chi connectivity index (χ2v) is 5.88. The van der Waals surface area contributed by atoms with E-state index >= 15 is 0 Å². The number of carbonyl (C=O) groups is 2. The molecule has 0 aromatic carbocycles. The Morgan fingerprint density at radius 1 is 1.11 bits per heavy atom. The van der Waals surface area contributed by atoms with Gasteiger partial charge in [-0.2, -0.15) is 0 Å². The van der Waals surface area contributed by atoms with Crippen LogP contribution in [0.1, 0.15) is 46.0 Å². The van der Waals surface area contributed by atoms with Gasteiger partial charge in [0.15, 0.2) is 0 Å².